The first-order valence-electron chi connectivity index (χ1n) is 8.17. The lowest BCUT2D eigenvalue weighted by atomic mass is 10.2. The summed E-state index contributed by atoms with van der Waals surface area (Å²) in [5.41, 5.74) is 0.866. The minimum Gasteiger partial charge on any atom is -0.497 e. The zero-order chi connectivity index (χ0) is 17.9. The summed E-state index contributed by atoms with van der Waals surface area (Å²) >= 11 is 0. The molecule has 0 saturated carbocycles. The summed E-state index contributed by atoms with van der Waals surface area (Å²) in [7, 11) is 3.34. The van der Waals surface area contributed by atoms with E-state index in [9.17, 15) is 4.39 Å². The first-order chi connectivity index (χ1) is 12.2. The van der Waals surface area contributed by atoms with Crippen molar-refractivity contribution < 1.29 is 13.9 Å². The third-order valence-electron chi connectivity index (χ3n) is 3.51. The van der Waals surface area contributed by atoms with E-state index in [1.165, 1.54) is 12.1 Å². The third kappa shape index (κ3) is 7.90. The van der Waals surface area contributed by atoms with Gasteiger partial charge in [0.2, 0.25) is 0 Å². The molecule has 0 spiro atoms. The van der Waals surface area contributed by atoms with E-state index in [1.807, 2.05) is 30.3 Å². The Morgan fingerprint density at radius 2 is 1.81 bits per heavy atom. The smallest absolute Gasteiger partial charge is 0.191 e. The second kappa shape index (κ2) is 12.3. The van der Waals surface area contributed by atoms with E-state index in [4.69, 9.17) is 9.47 Å². The van der Waals surface area contributed by atoms with Crippen LogP contribution in [0.25, 0.3) is 0 Å². The maximum Gasteiger partial charge on any atom is 0.191 e. The molecule has 0 aliphatic carbocycles. The Kier molecular flexibility index (Phi) is 10.5. The van der Waals surface area contributed by atoms with Gasteiger partial charge in [0.05, 0.1) is 13.7 Å². The van der Waals surface area contributed by atoms with Gasteiger partial charge in [-0.15, -0.1) is 24.0 Å². The topological polar surface area (TPSA) is 54.9 Å². The van der Waals surface area contributed by atoms with Crippen LogP contribution in [-0.4, -0.2) is 33.3 Å². The van der Waals surface area contributed by atoms with Gasteiger partial charge in [0.15, 0.2) is 5.96 Å². The van der Waals surface area contributed by atoms with Crippen molar-refractivity contribution in [3.05, 3.63) is 59.9 Å². The molecule has 0 unspecified atom stereocenters. The van der Waals surface area contributed by atoms with Crippen LogP contribution in [0.2, 0.25) is 0 Å². The Morgan fingerprint density at radius 1 is 1.08 bits per heavy atom. The van der Waals surface area contributed by atoms with Gasteiger partial charge in [0, 0.05) is 20.1 Å². The number of halogens is 2. The second-order valence-corrected chi connectivity index (χ2v) is 5.36. The van der Waals surface area contributed by atoms with E-state index in [-0.39, 0.29) is 29.8 Å². The van der Waals surface area contributed by atoms with Crippen molar-refractivity contribution in [3.63, 3.8) is 0 Å². The first kappa shape index (κ1) is 22.0. The summed E-state index contributed by atoms with van der Waals surface area (Å²) in [5.74, 6) is 2.06. The number of rotatable bonds is 8. The van der Waals surface area contributed by atoms with E-state index in [2.05, 4.69) is 15.6 Å². The van der Waals surface area contributed by atoms with Crippen LogP contribution in [0.4, 0.5) is 4.39 Å². The highest BCUT2D eigenvalue weighted by Crippen LogP contribution is 2.16. The van der Waals surface area contributed by atoms with E-state index < -0.39 is 0 Å². The molecular formula is C19H25FIN3O2. The predicted molar refractivity (Wildman–Crippen MR) is 113 cm³/mol. The zero-order valence-corrected chi connectivity index (χ0v) is 17.3. The summed E-state index contributed by atoms with van der Waals surface area (Å²) in [5, 5.41) is 6.36. The number of hydrogen-bond acceptors (Lipinski definition) is 3. The van der Waals surface area contributed by atoms with Gasteiger partial charge >= 0.3 is 0 Å². The van der Waals surface area contributed by atoms with Crippen LogP contribution in [0.1, 0.15) is 12.0 Å². The molecule has 5 nitrogen and oxygen atoms in total. The molecule has 0 amide bonds. The highest BCUT2D eigenvalue weighted by Gasteiger charge is 2.00. The summed E-state index contributed by atoms with van der Waals surface area (Å²) in [6, 6.07) is 14.0. The molecule has 0 heterocycles. The Balaban J connectivity index is 0.00000338. The number of benzene rings is 2. The standard InChI is InChI=1S/C19H24FN3O2.HI/c1-21-19(23-14-15-5-3-6-16(20)13-15)22-11-4-12-25-18-9-7-17(24-2)8-10-18;/h3,5-10,13H,4,11-12,14H2,1-2H3,(H2,21,22,23);1H. The average Bonchev–Trinajstić information content (AvgIpc) is 2.64. The molecule has 0 fully saturated rings. The molecule has 142 valence electrons. The van der Waals surface area contributed by atoms with Gasteiger partial charge in [0.1, 0.15) is 17.3 Å². The molecule has 26 heavy (non-hydrogen) atoms. The van der Waals surface area contributed by atoms with Crippen molar-refractivity contribution in [2.75, 3.05) is 27.3 Å². The number of guanidine groups is 1. The van der Waals surface area contributed by atoms with Gasteiger partial charge < -0.3 is 20.1 Å². The van der Waals surface area contributed by atoms with Gasteiger partial charge in [-0.1, -0.05) is 12.1 Å². The summed E-state index contributed by atoms with van der Waals surface area (Å²) < 4.78 is 23.9. The number of methoxy groups -OCH3 is 1. The predicted octanol–water partition coefficient (Wildman–Crippen LogP) is 3.59. The van der Waals surface area contributed by atoms with Gasteiger partial charge in [-0.05, 0) is 48.4 Å². The van der Waals surface area contributed by atoms with Gasteiger partial charge in [-0.25, -0.2) is 4.39 Å². The third-order valence-corrected chi connectivity index (χ3v) is 3.51. The van der Waals surface area contributed by atoms with E-state index in [0.717, 1.165) is 30.0 Å². The molecule has 2 aromatic carbocycles. The Bertz CT molecular complexity index is 681. The Labute approximate surface area is 171 Å². The Morgan fingerprint density at radius 3 is 2.46 bits per heavy atom. The fraction of sp³-hybridized carbons (Fsp3) is 0.316. The quantitative estimate of drug-likeness (QED) is 0.267. The fourth-order valence-electron chi connectivity index (χ4n) is 2.19. The van der Waals surface area contributed by atoms with Crippen molar-refractivity contribution in [2.24, 2.45) is 4.99 Å². The monoisotopic (exact) mass is 473 g/mol. The molecule has 7 heteroatoms. The molecule has 0 bridgehead atoms. The van der Waals surface area contributed by atoms with Gasteiger partial charge in [-0.3, -0.25) is 4.99 Å². The number of hydrogen-bond donors (Lipinski definition) is 2. The maximum absolute atomic E-state index is 13.1. The number of ether oxygens (including phenoxy) is 2. The maximum atomic E-state index is 13.1. The number of aliphatic imine (C=N–C) groups is 1. The summed E-state index contributed by atoms with van der Waals surface area (Å²) in [6.45, 7) is 1.83. The van der Waals surface area contributed by atoms with Crippen LogP contribution in [0.3, 0.4) is 0 Å². The highest BCUT2D eigenvalue weighted by molar-refractivity contribution is 14.0. The van der Waals surface area contributed by atoms with Crippen molar-refractivity contribution in [2.45, 2.75) is 13.0 Å². The summed E-state index contributed by atoms with van der Waals surface area (Å²) in [4.78, 5) is 4.15. The lowest BCUT2D eigenvalue weighted by Gasteiger charge is -2.12. The SMILES string of the molecule is CN=C(NCCCOc1ccc(OC)cc1)NCc1cccc(F)c1.I. The molecule has 2 rings (SSSR count). The lowest BCUT2D eigenvalue weighted by Crippen LogP contribution is -2.37. The molecule has 2 aromatic rings. The van der Waals surface area contributed by atoms with Crippen LogP contribution in [0.5, 0.6) is 11.5 Å². The van der Waals surface area contributed by atoms with Gasteiger partial charge in [0.25, 0.3) is 0 Å². The molecule has 0 saturated heterocycles. The molecule has 0 atom stereocenters. The van der Waals surface area contributed by atoms with E-state index >= 15 is 0 Å². The molecule has 0 radical (unpaired) electrons. The minimum absolute atomic E-state index is 0. The average molecular weight is 473 g/mol. The molecule has 0 aromatic heterocycles. The zero-order valence-electron chi connectivity index (χ0n) is 15.0. The van der Waals surface area contributed by atoms with Crippen molar-refractivity contribution in [1.82, 2.24) is 10.6 Å². The van der Waals surface area contributed by atoms with Crippen molar-refractivity contribution >= 4 is 29.9 Å². The van der Waals surface area contributed by atoms with Crippen molar-refractivity contribution in [1.29, 1.82) is 0 Å². The van der Waals surface area contributed by atoms with Crippen LogP contribution < -0.4 is 20.1 Å². The number of nitrogens with zero attached hydrogens (tertiary/aromatic N) is 1. The first-order valence-corrected chi connectivity index (χ1v) is 8.17. The summed E-state index contributed by atoms with van der Waals surface area (Å²) in [6.07, 6.45) is 0.826. The highest BCUT2D eigenvalue weighted by atomic mass is 127. The van der Waals surface area contributed by atoms with Crippen LogP contribution >= 0.6 is 24.0 Å². The normalized spacial score (nSPS) is 10.7. The Hall–Kier alpha value is -2.03. The molecular weight excluding hydrogens is 448 g/mol. The number of nitrogens with one attached hydrogen (secondary N) is 2. The van der Waals surface area contributed by atoms with Crippen LogP contribution in [0, 0.1) is 5.82 Å². The van der Waals surface area contributed by atoms with Crippen LogP contribution in [-0.2, 0) is 6.54 Å². The molecule has 0 aliphatic rings. The van der Waals surface area contributed by atoms with E-state index in [0.29, 0.717) is 19.1 Å². The molecule has 0 aliphatic heterocycles. The lowest BCUT2D eigenvalue weighted by molar-refractivity contribution is 0.310. The largest absolute Gasteiger partial charge is 0.497 e. The second-order valence-electron chi connectivity index (χ2n) is 5.36. The van der Waals surface area contributed by atoms with E-state index in [1.54, 1.807) is 20.2 Å². The minimum atomic E-state index is -0.238. The van der Waals surface area contributed by atoms with Crippen LogP contribution in [0.15, 0.2) is 53.5 Å². The van der Waals surface area contributed by atoms with Gasteiger partial charge in [-0.2, -0.15) is 0 Å². The fourth-order valence-corrected chi connectivity index (χ4v) is 2.19. The molecule has 2 N–H and O–H groups in total. The van der Waals surface area contributed by atoms with Crippen molar-refractivity contribution in [3.8, 4) is 11.5 Å².